The number of fused-ring (bicyclic) bond motifs is 15. The maximum atomic E-state index is 6.52. The number of para-hydroxylation sites is 2. The van der Waals surface area contributed by atoms with Gasteiger partial charge in [-0.2, -0.15) is 0 Å². The van der Waals surface area contributed by atoms with E-state index in [4.69, 9.17) is 9.47 Å². The lowest BCUT2D eigenvalue weighted by Crippen LogP contribution is -2.26. The Morgan fingerprint density at radius 3 is 1.72 bits per heavy atom. The van der Waals surface area contributed by atoms with Gasteiger partial charge in [-0.15, -0.1) is 11.3 Å². The minimum atomic E-state index is -0.484. The molecule has 0 atom stereocenters. The normalized spacial score (nSPS) is 14.2. The number of thiophene rings is 1. The second-order valence-electron chi connectivity index (χ2n) is 12.4. The van der Waals surface area contributed by atoms with E-state index >= 15 is 0 Å². The summed E-state index contributed by atoms with van der Waals surface area (Å²) in [5.74, 6) is 2.98. The van der Waals surface area contributed by atoms with Crippen molar-refractivity contribution in [3.63, 3.8) is 0 Å². The standard InChI is InChI=1S/C43H24O2S/c1-4-12-33-27(9-1)28-10-2-5-13-34(28)43(33)35-22-26(25-18-20-42-32(21-25)30-11-3-8-16-41(30)46-42)17-19-29(35)31-23-39-40(24-36(31)43)45-38-15-7-6-14-37(38)44-39/h1-24H. The minimum absolute atomic E-state index is 0.484. The van der Waals surface area contributed by atoms with Gasteiger partial charge in [0, 0.05) is 20.2 Å². The molecule has 214 valence electrons. The molecule has 0 saturated carbocycles. The van der Waals surface area contributed by atoms with Crippen molar-refractivity contribution in [3.05, 3.63) is 168 Å². The Bertz CT molecular complexity index is 2560. The average molecular weight is 605 g/mol. The molecule has 0 bridgehead atoms. The predicted molar refractivity (Wildman–Crippen MR) is 188 cm³/mol. The van der Waals surface area contributed by atoms with Crippen LogP contribution >= 0.6 is 11.3 Å². The second-order valence-corrected chi connectivity index (χ2v) is 13.5. The fraction of sp³-hybridized carbons (Fsp3) is 0.0233. The number of benzene rings is 7. The fourth-order valence-corrected chi connectivity index (χ4v) is 9.33. The van der Waals surface area contributed by atoms with Crippen LogP contribution in [-0.2, 0) is 5.41 Å². The van der Waals surface area contributed by atoms with Crippen molar-refractivity contribution < 1.29 is 9.47 Å². The van der Waals surface area contributed by atoms with Gasteiger partial charge >= 0.3 is 0 Å². The van der Waals surface area contributed by atoms with E-state index in [1.54, 1.807) is 0 Å². The van der Waals surface area contributed by atoms with Gasteiger partial charge in [-0.05, 0) is 104 Å². The summed E-state index contributed by atoms with van der Waals surface area (Å²) in [4.78, 5) is 0. The third-order valence-electron chi connectivity index (χ3n) is 10.2. The fourth-order valence-electron chi connectivity index (χ4n) is 8.24. The molecule has 0 fully saturated rings. The van der Waals surface area contributed by atoms with Gasteiger partial charge in [-0.1, -0.05) is 97.1 Å². The maximum Gasteiger partial charge on any atom is 0.170 e. The predicted octanol–water partition coefficient (Wildman–Crippen LogP) is 12.0. The molecule has 0 unspecified atom stereocenters. The van der Waals surface area contributed by atoms with E-state index in [0.29, 0.717) is 0 Å². The summed E-state index contributed by atoms with van der Waals surface area (Å²) >= 11 is 1.86. The molecule has 1 aromatic heterocycles. The molecule has 8 aromatic rings. The average Bonchev–Trinajstić information content (AvgIpc) is 3.73. The molecule has 2 aliphatic carbocycles. The van der Waals surface area contributed by atoms with Crippen LogP contribution in [0.4, 0.5) is 0 Å². The lowest BCUT2D eigenvalue weighted by molar-refractivity contribution is 0.359. The monoisotopic (exact) mass is 604 g/mol. The van der Waals surface area contributed by atoms with Gasteiger partial charge in [0.05, 0.1) is 5.41 Å². The summed E-state index contributed by atoms with van der Waals surface area (Å²) in [6.07, 6.45) is 0. The van der Waals surface area contributed by atoms with Crippen molar-refractivity contribution in [1.29, 1.82) is 0 Å². The van der Waals surface area contributed by atoms with Crippen LogP contribution in [0.5, 0.6) is 23.0 Å². The summed E-state index contributed by atoms with van der Waals surface area (Å²) in [7, 11) is 0. The van der Waals surface area contributed by atoms with Crippen molar-refractivity contribution in [3.8, 4) is 56.4 Å². The first-order valence-corrected chi connectivity index (χ1v) is 16.5. The second kappa shape index (κ2) is 8.75. The molecule has 3 heteroatoms. The van der Waals surface area contributed by atoms with Gasteiger partial charge in [0.15, 0.2) is 23.0 Å². The Balaban J connectivity index is 1.20. The first-order valence-electron chi connectivity index (χ1n) is 15.7. The lowest BCUT2D eigenvalue weighted by atomic mass is 9.70. The minimum Gasteiger partial charge on any atom is -0.450 e. The Labute approximate surface area is 269 Å². The summed E-state index contributed by atoms with van der Waals surface area (Å²) < 4.78 is 15.6. The summed E-state index contributed by atoms with van der Waals surface area (Å²) in [5, 5.41) is 2.63. The maximum absolute atomic E-state index is 6.52. The molecule has 2 heterocycles. The highest BCUT2D eigenvalue weighted by atomic mass is 32.1. The Hall–Kier alpha value is -5.64. The highest BCUT2D eigenvalue weighted by molar-refractivity contribution is 7.25. The Morgan fingerprint density at radius 1 is 0.370 bits per heavy atom. The first kappa shape index (κ1) is 24.7. The molecule has 0 saturated heterocycles. The van der Waals surface area contributed by atoms with Gasteiger partial charge in [0.25, 0.3) is 0 Å². The van der Waals surface area contributed by atoms with Crippen molar-refractivity contribution in [2.75, 3.05) is 0 Å². The smallest absolute Gasteiger partial charge is 0.170 e. The summed E-state index contributed by atoms with van der Waals surface area (Å²) in [6, 6.07) is 52.9. The van der Waals surface area contributed by atoms with Gasteiger partial charge in [-0.3, -0.25) is 0 Å². The van der Waals surface area contributed by atoms with E-state index in [9.17, 15) is 0 Å². The van der Waals surface area contributed by atoms with Gasteiger partial charge < -0.3 is 9.47 Å². The molecule has 0 amide bonds. The van der Waals surface area contributed by atoms with Crippen molar-refractivity contribution in [1.82, 2.24) is 0 Å². The topological polar surface area (TPSA) is 18.5 Å². The molecule has 46 heavy (non-hydrogen) atoms. The number of ether oxygens (including phenoxy) is 2. The van der Waals surface area contributed by atoms with Crippen LogP contribution in [-0.4, -0.2) is 0 Å². The molecule has 0 N–H and O–H groups in total. The Morgan fingerprint density at radius 2 is 0.935 bits per heavy atom. The van der Waals surface area contributed by atoms with Gasteiger partial charge in [0.1, 0.15) is 0 Å². The third-order valence-corrected chi connectivity index (χ3v) is 11.3. The van der Waals surface area contributed by atoms with Crippen LogP contribution in [0.3, 0.4) is 0 Å². The molecule has 7 aromatic carbocycles. The van der Waals surface area contributed by atoms with Crippen LogP contribution in [0.25, 0.3) is 53.6 Å². The van der Waals surface area contributed by atoms with Crippen LogP contribution in [0.15, 0.2) is 146 Å². The van der Waals surface area contributed by atoms with Crippen molar-refractivity contribution >= 4 is 31.5 Å². The summed E-state index contributed by atoms with van der Waals surface area (Å²) in [5.41, 5.74) is 12.1. The van der Waals surface area contributed by atoms with E-state index in [-0.39, 0.29) is 0 Å². The largest absolute Gasteiger partial charge is 0.450 e. The molecule has 0 radical (unpaired) electrons. The van der Waals surface area contributed by atoms with E-state index in [0.717, 1.165) is 23.0 Å². The van der Waals surface area contributed by atoms with E-state index in [1.807, 2.05) is 35.6 Å². The molecule has 1 spiro atoms. The molecular formula is C43H24O2S. The molecule has 11 rings (SSSR count). The SMILES string of the molecule is c1ccc2c(c1)Oc1cc3c(cc1O2)C1(c2ccccc2-c2ccccc21)c1cc(-c2ccc4sc5ccccc5c4c2)ccc1-3. The van der Waals surface area contributed by atoms with Crippen molar-refractivity contribution in [2.24, 2.45) is 0 Å². The van der Waals surface area contributed by atoms with Crippen LogP contribution in [0.2, 0.25) is 0 Å². The van der Waals surface area contributed by atoms with Crippen LogP contribution in [0.1, 0.15) is 22.3 Å². The molecule has 1 aliphatic heterocycles. The number of hydrogen-bond acceptors (Lipinski definition) is 3. The number of hydrogen-bond donors (Lipinski definition) is 0. The van der Waals surface area contributed by atoms with Gasteiger partial charge in [-0.25, -0.2) is 0 Å². The zero-order chi connectivity index (χ0) is 30.0. The molecule has 2 nitrogen and oxygen atoms in total. The first-order chi connectivity index (χ1) is 22.8. The molecule has 3 aliphatic rings. The lowest BCUT2D eigenvalue weighted by Gasteiger charge is -2.31. The van der Waals surface area contributed by atoms with Crippen LogP contribution < -0.4 is 9.47 Å². The zero-order valence-electron chi connectivity index (χ0n) is 24.6. The molecular weight excluding hydrogens is 581 g/mol. The van der Waals surface area contributed by atoms with E-state index in [1.165, 1.54) is 75.8 Å². The highest BCUT2D eigenvalue weighted by Gasteiger charge is 2.52. The van der Waals surface area contributed by atoms with E-state index < -0.39 is 5.41 Å². The van der Waals surface area contributed by atoms with E-state index in [2.05, 4.69) is 121 Å². The van der Waals surface area contributed by atoms with Gasteiger partial charge in [0.2, 0.25) is 0 Å². The zero-order valence-corrected chi connectivity index (χ0v) is 25.4. The van der Waals surface area contributed by atoms with Crippen molar-refractivity contribution in [2.45, 2.75) is 5.41 Å². The summed E-state index contributed by atoms with van der Waals surface area (Å²) in [6.45, 7) is 0. The van der Waals surface area contributed by atoms with Crippen LogP contribution in [0, 0.1) is 0 Å². The quantitative estimate of drug-likeness (QED) is 0.186. The number of rotatable bonds is 1. The third kappa shape index (κ3) is 3.06. The highest BCUT2D eigenvalue weighted by Crippen LogP contribution is 2.65. The Kier molecular flexibility index (Phi) is 4.69.